The molecule has 2 rings (SSSR count). The molecule has 0 aliphatic carbocycles. The third-order valence-electron chi connectivity index (χ3n) is 3.73. The first-order chi connectivity index (χ1) is 13.9. The van der Waals surface area contributed by atoms with Gasteiger partial charge in [0.1, 0.15) is 12.6 Å². The van der Waals surface area contributed by atoms with Crippen LogP contribution >= 0.6 is 0 Å². The van der Waals surface area contributed by atoms with Crippen LogP contribution in [0.15, 0.2) is 35.5 Å². The number of methoxy groups -OCH3 is 2. The summed E-state index contributed by atoms with van der Waals surface area (Å²) in [7, 11) is 2.44. The van der Waals surface area contributed by atoms with Gasteiger partial charge < -0.3 is 19.9 Å². The average Bonchev–Trinajstić information content (AvgIpc) is 3.18. The van der Waals surface area contributed by atoms with E-state index >= 15 is 0 Å². The third-order valence-corrected chi connectivity index (χ3v) is 3.73. The molecule has 1 N–H and O–H groups in total. The molecule has 2 aromatic rings. The minimum Gasteiger partial charge on any atom is -0.872 e. The van der Waals surface area contributed by atoms with Crippen molar-refractivity contribution in [2.45, 2.75) is 19.0 Å². The van der Waals surface area contributed by atoms with Crippen LogP contribution in [0.2, 0.25) is 0 Å². The number of esters is 2. The summed E-state index contributed by atoms with van der Waals surface area (Å²) < 4.78 is 10.4. The number of hydrogen-bond acceptors (Lipinski definition) is 9. The first-order valence-electron chi connectivity index (χ1n) is 8.55. The number of carbonyl (C=O) groups is 3. The second kappa shape index (κ2) is 12.5. The standard InChI is InChI=1S/C18H21N5O6.Ag/c1-28-16(25)11-23-10-15(21-22-23)17(26)20-14(18(27)29-2)6-7-19-9-12-4-3-5-13(24)8-12;/h3-5,8-10,14,24H,6-7,11H2,1-2H3,(H,20,26);/q;+1/p-1/t14-;/m0./s1. The molecule has 0 bridgehead atoms. The first kappa shape index (κ1) is 25.0. The van der Waals surface area contributed by atoms with Crippen molar-refractivity contribution in [3.63, 3.8) is 0 Å². The monoisotopic (exact) mass is 509 g/mol. The van der Waals surface area contributed by atoms with E-state index in [1.807, 2.05) is 0 Å². The third kappa shape index (κ3) is 7.78. The minimum atomic E-state index is -0.957. The van der Waals surface area contributed by atoms with E-state index in [1.54, 1.807) is 12.1 Å². The maximum Gasteiger partial charge on any atom is 1.00 e. The van der Waals surface area contributed by atoms with Gasteiger partial charge in [0.05, 0.1) is 20.4 Å². The number of nitrogens with zero attached hydrogens (tertiary/aromatic N) is 4. The van der Waals surface area contributed by atoms with Gasteiger partial charge in [0.15, 0.2) is 5.69 Å². The summed E-state index contributed by atoms with van der Waals surface area (Å²) in [4.78, 5) is 39.6. The van der Waals surface area contributed by atoms with Gasteiger partial charge in [-0.25, -0.2) is 9.48 Å². The maximum absolute atomic E-state index is 12.3. The van der Waals surface area contributed by atoms with Crippen molar-refractivity contribution in [3.8, 4) is 5.75 Å². The summed E-state index contributed by atoms with van der Waals surface area (Å²) in [5.41, 5.74) is 0.567. The molecule has 0 unspecified atom stereocenters. The number of nitrogens with one attached hydrogen (secondary N) is 1. The Balaban J connectivity index is 0.00000450. The van der Waals surface area contributed by atoms with Gasteiger partial charge in [-0.1, -0.05) is 29.5 Å². The molecule has 0 radical (unpaired) electrons. The molecule has 1 aromatic carbocycles. The molecular formula is C18H20AgN5O6. The van der Waals surface area contributed by atoms with E-state index in [2.05, 4.69) is 25.4 Å². The summed E-state index contributed by atoms with van der Waals surface area (Å²) in [6, 6.07) is 5.25. The molecule has 164 valence electrons. The van der Waals surface area contributed by atoms with Gasteiger partial charge in [0.2, 0.25) is 0 Å². The van der Waals surface area contributed by atoms with Crippen molar-refractivity contribution in [1.29, 1.82) is 0 Å². The summed E-state index contributed by atoms with van der Waals surface area (Å²) in [6.45, 7) is 0.00858. The van der Waals surface area contributed by atoms with Crippen LogP contribution in [-0.4, -0.2) is 65.9 Å². The topological polar surface area (TPSA) is 148 Å². The van der Waals surface area contributed by atoms with Gasteiger partial charge in [0.25, 0.3) is 5.91 Å². The number of aromatic nitrogens is 3. The van der Waals surface area contributed by atoms with Gasteiger partial charge in [-0.15, -0.1) is 10.8 Å². The molecule has 1 heterocycles. The molecule has 12 heteroatoms. The van der Waals surface area contributed by atoms with Crippen molar-refractivity contribution >= 4 is 24.1 Å². The molecule has 1 atom stereocenters. The Hall–Kier alpha value is -3.02. The van der Waals surface area contributed by atoms with Crippen LogP contribution in [0.3, 0.4) is 0 Å². The Bertz CT molecular complexity index is 901. The van der Waals surface area contributed by atoms with Crippen LogP contribution in [0.4, 0.5) is 0 Å². The van der Waals surface area contributed by atoms with Gasteiger partial charge >= 0.3 is 34.3 Å². The Morgan fingerprint density at radius 3 is 2.73 bits per heavy atom. The fourth-order valence-electron chi connectivity index (χ4n) is 2.27. The first-order valence-corrected chi connectivity index (χ1v) is 8.55. The van der Waals surface area contributed by atoms with Crippen molar-refractivity contribution in [1.82, 2.24) is 20.3 Å². The average molecular weight is 510 g/mol. The number of benzene rings is 1. The SMILES string of the molecule is COC(=O)Cn1cc(C(=O)N[C@@H](CCN=Cc2cccc([O-])c2)C(=O)OC)nn1.[Ag+]. The molecule has 30 heavy (non-hydrogen) atoms. The zero-order valence-corrected chi connectivity index (χ0v) is 17.7. The quantitative estimate of drug-likeness (QED) is 0.265. The van der Waals surface area contributed by atoms with Crippen molar-refractivity contribution in [2.24, 2.45) is 4.99 Å². The second-order valence-corrected chi connectivity index (χ2v) is 5.82. The van der Waals surface area contributed by atoms with E-state index in [-0.39, 0.29) is 53.3 Å². The van der Waals surface area contributed by atoms with Crippen LogP contribution in [0.5, 0.6) is 5.75 Å². The zero-order valence-electron chi connectivity index (χ0n) is 16.2. The largest absolute Gasteiger partial charge is 1.00 e. The van der Waals surface area contributed by atoms with Gasteiger partial charge in [-0.05, 0) is 12.0 Å². The van der Waals surface area contributed by atoms with Crippen LogP contribution in [0, 0.1) is 0 Å². The van der Waals surface area contributed by atoms with E-state index < -0.39 is 23.9 Å². The molecule has 1 aromatic heterocycles. The minimum absolute atomic E-state index is 0. The smallest absolute Gasteiger partial charge is 0.872 e. The second-order valence-electron chi connectivity index (χ2n) is 5.82. The number of ether oxygens (including phenoxy) is 2. The van der Waals surface area contributed by atoms with Crippen LogP contribution in [0.1, 0.15) is 22.5 Å². The normalized spacial score (nSPS) is 11.4. The molecule has 0 fully saturated rings. The number of amides is 1. The fraction of sp³-hybridized carbons (Fsp3) is 0.333. The van der Waals surface area contributed by atoms with E-state index in [0.717, 1.165) is 4.68 Å². The Morgan fingerprint density at radius 1 is 1.30 bits per heavy atom. The van der Waals surface area contributed by atoms with E-state index in [0.29, 0.717) is 5.56 Å². The predicted molar refractivity (Wildman–Crippen MR) is 98.3 cm³/mol. The van der Waals surface area contributed by atoms with Crippen LogP contribution < -0.4 is 10.4 Å². The molecule has 0 aliphatic rings. The van der Waals surface area contributed by atoms with Crippen molar-refractivity contribution in [2.75, 3.05) is 20.8 Å². The van der Waals surface area contributed by atoms with Gasteiger partial charge in [-0.2, -0.15) is 0 Å². The summed E-state index contributed by atoms with van der Waals surface area (Å²) in [5.74, 6) is -1.97. The van der Waals surface area contributed by atoms with E-state index in [9.17, 15) is 19.5 Å². The van der Waals surface area contributed by atoms with Gasteiger partial charge in [0, 0.05) is 12.8 Å². The molecule has 0 aliphatic heterocycles. The van der Waals surface area contributed by atoms with E-state index in [4.69, 9.17) is 4.74 Å². The molecule has 0 saturated carbocycles. The van der Waals surface area contributed by atoms with E-state index in [1.165, 1.54) is 38.8 Å². The zero-order chi connectivity index (χ0) is 21.2. The maximum atomic E-state index is 12.3. The number of aliphatic imine (C=N–C) groups is 1. The number of carbonyl (C=O) groups excluding carboxylic acids is 3. The Kier molecular flexibility index (Phi) is 10.4. The van der Waals surface area contributed by atoms with Crippen LogP contribution in [-0.2, 0) is 48.0 Å². The molecule has 11 nitrogen and oxygen atoms in total. The van der Waals surface area contributed by atoms with Crippen LogP contribution in [0.25, 0.3) is 0 Å². The fourth-order valence-corrected chi connectivity index (χ4v) is 2.27. The summed E-state index contributed by atoms with van der Waals surface area (Å²) in [6.07, 6.45) is 2.94. The summed E-state index contributed by atoms with van der Waals surface area (Å²) in [5, 5.41) is 21.1. The number of rotatable bonds is 9. The van der Waals surface area contributed by atoms with Crippen molar-refractivity contribution < 1.29 is 51.3 Å². The number of hydrogen-bond donors (Lipinski definition) is 1. The Labute approximate surface area is 188 Å². The summed E-state index contributed by atoms with van der Waals surface area (Å²) >= 11 is 0. The molecule has 0 spiro atoms. The molecule has 1 amide bonds. The molecular weight excluding hydrogens is 490 g/mol. The van der Waals surface area contributed by atoms with Gasteiger partial charge in [-0.3, -0.25) is 14.6 Å². The molecule has 0 saturated heterocycles. The van der Waals surface area contributed by atoms with Crippen molar-refractivity contribution in [3.05, 3.63) is 41.7 Å². The Morgan fingerprint density at radius 2 is 2.07 bits per heavy atom. The predicted octanol–water partition coefficient (Wildman–Crippen LogP) is -0.697.